The highest BCUT2D eigenvalue weighted by atomic mass is 31.2. The molecule has 1 fully saturated rings. The van der Waals surface area contributed by atoms with Crippen molar-refractivity contribution in [2.75, 3.05) is 39.5 Å². The maximum absolute atomic E-state index is 13.3. The number of carbonyl (C=O) groups excluding carboxylic acids is 1. The van der Waals surface area contributed by atoms with Gasteiger partial charge in [-0.25, -0.2) is 0 Å². The van der Waals surface area contributed by atoms with Crippen molar-refractivity contribution >= 4 is 18.9 Å². The predicted octanol–water partition coefficient (Wildman–Crippen LogP) is 4.32. The zero-order valence-corrected chi connectivity index (χ0v) is 20.1. The number of hydrogen-bond acceptors (Lipinski definition) is 7. The highest BCUT2D eigenvalue weighted by molar-refractivity contribution is 7.62. The molecule has 1 aromatic rings. The Morgan fingerprint density at radius 3 is 2.56 bits per heavy atom. The van der Waals surface area contributed by atoms with Gasteiger partial charge < -0.3 is 18.5 Å². The van der Waals surface area contributed by atoms with Gasteiger partial charge in [0.05, 0.1) is 25.9 Å². The van der Waals surface area contributed by atoms with E-state index in [0.717, 1.165) is 45.3 Å². The zero-order chi connectivity index (χ0) is 22.8. The van der Waals surface area contributed by atoms with Crippen LogP contribution < -0.4 is 10.0 Å². The molecule has 2 atom stereocenters. The molecular weight excluding hydrogens is 429 g/mol. The minimum Gasteiger partial charge on any atom is -0.425 e. The summed E-state index contributed by atoms with van der Waals surface area (Å²) in [7, 11) is -3.57. The summed E-state index contributed by atoms with van der Waals surface area (Å²) in [5.41, 5.74) is 0. The van der Waals surface area contributed by atoms with E-state index < -0.39 is 7.60 Å². The molecule has 0 radical (unpaired) electrons. The second kappa shape index (κ2) is 12.7. The third kappa shape index (κ3) is 7.26. The van der Waals surface area contributed by atoms with Gasteiger partial charge in [0.25, 0.3) is 0 Å². The first-order valence-corrected chi connectivity index (χ1v) is 13.3. The van der Waals surface area contributed by atoms with Crippen molar-refractivity contribution in [3.05, 3.63) is 36.4 Å². The van der Waals surface area contributed by atoms with Crippen LogP contribution in [0.4, 0.5) is 0 Å². The minimum atomic E-state index is -3.57. The lowest BCUT2D eigenvalue weighted by molar-refractivity contribution is -0.136. The molecule has 0 N–H and O–H groups in total. The third-order valence-electron chi connectivity index (χ3n) is 5.71. The summed E-state index contributed by atoms with van der Waals surface area (Å²) in [6.45, 7) is 6.45. The van der Waals surface area contributed by atoms with Crippen LogP contribution in [0, 0.1) is 5.92 Å². The van der Waals surface area contributed by atoms with Crippen LogP contribution in [0.3, 0.4) is 0 Å². The minimum absolute atomic E-state index is 0.155. The van der Waals surface area contributed by atoms with Gasteiger partial charge in [-0.05, 0) is 64.0 Å². The van der Waals surface area contributed by atoms with Gasteiger partial charge in [0, 0.05) is 19.7 Å². The number of carbonyl (C=O) groups is 1. The Balaban J connectivity index is 1.69. The number of para-hydroxylation sites is 1. The number of ether oxygens (including phenoxy) is 2. The summed E-state index contributed by atoms with van der Waals surface area (Å²) in [4.78, 5) is 15.1. The first kappa shape index (κ1) is 25.1. The van der Waals surface area contributed by atoms with Gasteiger partial charge in [0.2, 0.25) is 0 Å². The van der Waals surface area contributed by atoms with Crippen LogP contribution in [-0.2, 0) is 23.1 Å². The van der Waals surface area contributed by atoms with E-state index in [1.807, 2.05) is 0 Å². The Labute approximate surface area is 191 Å². The Hall–Kier alpha value is -1.50. The molecule has 1 aliphatic heterocycles. The fourth-order valence-electron chi connectivity index (χ4n) is 4.29. The van der Waals surface area contributed by atoms with E-state index in [9.17, 15) is 9.36 Å². The van der Waals surface area contributed by atoms with E-state index in [-0.39, 0.29) is 42.9 Å². The van der Waals surface area contributed by atoms with E-state index in [1.165, 1.54) is 0 Å². The first-order valence-electron chi connectivity index (χ1n) is 11.7. The fraction of sp³-hybridized carbons (Fsp3) is 0.625. The Morgan fingerprint density at radius 2 is 1.91 bits per heavy atom. The van der Waals surface area contributed by atoms with Gasteiger partial charge in [-0.2, -0.15) is 0 Å². The quantitative estimate of drug-likeness (QED) is 0.197. The monoisotopic (exact) mass is 465 g/mol. The molecule has 0 aromatic heterocycles. The molecule has 0 saturated carbocycles. The van der Waals surface area contributed by atoms with Crippen molar-refractivity contribution in [1.29, 1.82) is 0 Å². The SMILES string of the molecule is CCOP(=O)(OCC)c1ccccc1OC(=O)CN(C[C@@H]1CC=CCC1)C[C@@H]1CCCO1. The van der Waals surface area contributed by atoms with Gasteiger partial charge in [-0.15, -0.1) is 0 Å². The smallest absolute Gasteiger partial charge is 0.365 e. The van der Waals surface area contributed by atoms with Crippen LogP contribution in [0.2, 0.25) is 0 Å². The normalized spacial score (nSPS) is 21.2. The van der Waals surface area contributed by atoms with Crippen LogP contribution in [0.15, 0.2) is 36.4 Å². The highest BCUT2D eigenvalue weighted by Gasteiger charge is 2.31. The van der Waals surface area contributed by atoms with Crippen molar-refractivity contribution in [1.82, 2.24) is 4.90 Å². The summed E-state index contributed by atoms with van der Waals surface area (Å²) in [6, 6.07) is 6.74. The van der Waals surface area contributed by atoms with Crippen LogP contribution in [0.1, 0.15) is 46.0 Å². The van der Waals surface area contributed by atoms with Crippen molar-refractivity contribution in [3.63, 3.8) is 0 Å². The molecule has 1 aliphatic carbocycles. The third-order valence-corrected chi connectivity index (χ3v) is 7.87. The number of nitrogens with zero attached hydrogens (tertiary/aromatic N) is 1. The topological polar surface area (TPSA) is 74.3 Å². The molecule has 3 rings (SSSR count). The summed E-state index contributed by atoms with van der Waals surface area (Å²) in [5.74, 6) is 0.361. The van der Waals surface area contributed by atoms with Gasteiger partial charge in [-0.3, -0.25) is 14.3 Å². The lowest BCUT2D eigenvalue weighted by atomic mass is 9.94. The zero-order valence-electron chi connectivity index (χ0n) is 19.2. The second-order valence-corrected chi connectivity index (χ2v) is 10.2. The van der Waals surface area contributed by atoms with Crippen LogP contribution in [0.25, 0.3) is 0 Å². The molecule has 0 amide bonds. The maximum Gasteiger partial charge on any atom is 0.365 e. The van der Waals surface area contributed by atoms with E-state index in [1.54, 1.807) is 38.1 Å². The Bertz CT molecular complexity index is 797. The lowest BCUT2D eigenvalue weighted by Crippen LogP contribution is -2.41. The summed E-state index contributed by atoms with van der Waals surface area (Å²) in [5, 5.41) is 0.278. The predicted molar refractivity (Wildman–Crippen MR) is 124 cm³/mol. The average Bonchev–Trinajstić information content (AvgIpc) is 3.28. The molecule has 8 heteroatoms. The van der Waals surface area contributed by atoms with Crippen LogP contribution in [-0.4, -0.2) is 56.4 Å². The van der Waals surface area contributed by atoms with E-state index in [4.69, 9.17) is 18.5 Å². The largest absolute Gasteiger partial charge is 0.425 e. The van der Waals surface area contributed by atoms with Crippen molar-refractivity contribution in [3.8, 4) is 5.75 Å². The number of allylic oxidation sites excluding steroid dienone is 2. The molecule has 0 unspecified atom stereocenters. The molecule has 0 bridgehead atoms. The number of hydrogen-bond donors (Lipinski definition) is 0. The molecule has 2 aliphatic rings. The van der Waals surface area contributed by atoms with Crippen molar-refractivity contribution < 1.29 is 27.9 Å². The molecule has 1 saturated heterocycles. The van der Waals surface area contributed by atoms with Gasteiger partial charge in [-0.1, -0.05) is 24.3 Å². The summed E-state index contributed by atoms with van der Waals surface area (Å²) in [6.07, 6.45) is 9.93. The van der Waals surface area contributed by atoms with Crippen LogP contribution in [0.5, 0.6) is 5.75 Å². The Kier molecular flexibility index (Phi) is 9.94. The van der Waals surface area contributed by atoms with E-state index in [0.29, 0.717) is 12.5 Å². The number of esters is 1. The van der Waals surface area contributed by atoms with Crippen LogP contribution >= 0.6 is 7.60 Å². The van der Waals surface area contributed by atoms with Crippen molar-refractivity contribution in [2.24, 2.45) is 5.92 Å². The molecule has 32 heavy (non-hydrogen) atoms. The lowest BCUT2D eigenvalue weighted by Gasteiger charge is -2.29. The van der Waals surface area contributed by atoms with Gasteiger partial charge >= 0.3 is 13.6 Å². The summed E-state index contributed by atoms with van der Waals surface area (Å²) < 4.78 is 35.7. The first-order chi connectivity index (χ1) is 15.5. The standard InChI is InChI=1S/C24H36NO6P/c1-3-29-32(27,30-4-2)23-15-9-8-14-22(23)31-24(26)19-25(18-21-13-10-16-28-21)17-20-11-6-5-7-12-20/h5-6,8-9,14-15,20-21H,3-4,7,10-13,16-19H2,1-2H3/t20-,21+/m1/s1. The molecular formula is C24H36NO6P. The maximum atomic E-state index is 13.3. The molecule has 1 aromatic carbocycles. The number of benzene rings is 1. The second-order valence-electron chi connectivity index (χ2n) is 8.25. The molecule has 7 nitrogen and oxygen atoms in total. The molecule has 0 spiro atoms. The summed E-state index contributed by atoms with van der Waals surface area (Å²) >= 11 is 0. The Morgan fingerprint density at radius 1 is 1.12 bits per heavy atom. The van der Waals surface area contributed by atoms with E-state index in [2.05, 4.69) is 17.1 Å². The van der Waals surface area contributed by atoms with E-state index >= 15 is 0 Å². The number of rotatable bonds is 12. The molecule has 1 heterocycles. The fourth-order valence-corrected chi connectivity index (χ4v) is 5.98. The van der Waals surface area contributed by atoms with Crippen molar-refractivity contribution in [2.45, 2.75) is 52.1 Å². The van der Waals surface area contributed by atoms with Gasteiger partial charge in [0.1, 0.15) is 11.1 Å². The average molecular weight is 466 g/mol. The molecule has 178 valence electrons. The van der Waals surface area contributed by atoms with Gasteiger partial charge in [0.15, 0.2) is 0 Å². The highest BCUT2D eigenvalue weighted by Crippen LogP contribution is 2.49.